The topological polar surface area (TPSA) is 92.0 Å². The number of fused-ring (bicyclic) bond motifs is 5. The molecule has 1 aromatic heterocycles. The lowest BCUT2D eigenvalue weighted by Crippen LogP contribution is -2.67. The number of benzene rings is 1. The van der Waals surface area contributed by atoms with Crippen LogP contribution in [-0.2, 0) is 31.1 Å². The normalized spacial score (nSPS) is 32.6. The molecule has 0 N–H and O–H groups in total. The number of carbonyl (C=O) groups excluding carboxylic acids is 2. The van der Waals surface area contributed by atoms with Crippen LogP contribution in [0.3, 0.4) is 0 Å². The summed E-state index contributed by atoms with van der Waals surface area (Å²) in [6.45, 7) is 11.2. The number of methoxy groups -OCH3 is 1. The van der Waals surface area contributed by atoms with Crippen LogP contribution in [0, 0.1) is 36.5 Å². The molecular formula is C37H39F3O7. The number of carbonyl (C=O) groups is 2. The third kappa shape index (κ3) is 4.46. The summed E-state index contributed by atoms with van der Waals surface area (Å²) in [6, 6.07) is 6.72. The molecule has 0 unspecified atom stereocenters. The maximum Gasteiger partial charge on any atom is 0.432 e. The van der Waals surface area contributed by atoms with Gasteiger partial charge in [-0.25, -0.2) is 9.59 Å². The fourth-order valence-corrected chi connectivity index (χ4v) is 9.22. The first-order valence-corrected chi connectivity index (χ1v) is 15.8. The molecule has 7 atom stereocenters. The van der Waals surface area contributed by atoms with E-state index in [9.17, 15) is 27.6 Å². The summed E-state index contributed by atoms with van der Waals surface area (Å²) in [5, 5.41) is 0. The van der Waals surface area contributed by atoms with Crippen molar-refractivity contribution in [2.75, 3.05) is 7.11 Å². The molecule has 6 rings (SSSR count). The van der Waals surface area contributed by atoms with Crippen LogP contribution in [0.1, 0.15) is 63.0 Å². The minimum atomic E-state index is -5.16. The lowest BCUT2D eigenvalue weighted by atomic mass is 9.42. The Kier molecular flexibility index (Phi) is 7.58. The Balaban J connectivity index is 1.56. The van der Waals surface area contributed by atoms with Gasteiger partial charge in [0.1, 0.15) is 23.2 Å². The molecule has 0 radical (unpaired) electrons. The van der Waals surface area contributed by atoms with Crippen molar-refractivity contribution in [3.63, 3.8) is 0 Å². The number of hydrogen-bond donors (Lipinski definition) is 0. The van der Waals surface area contributed by atoms with Crippen LogP contribution in [0.5, 0.6) is 5.75 Å². The van der Waals surface area contributed by atoms with Crippen molar-refractivity contribution in [1.82, 2.24) is 0 Å². The van der Waals surface area contributed by atoms with Crippen LogP contribution < -0.4 is 10.4 Å². The number of hydrogen-bond acceptors (Lipinski definition) is 7. The quantitative estimate of drug-likeness (QED) is 0.259. The van der Waals surface area contributed by atoms with Gasteiger partial charge in [-0.15, -0.1) is 0 Å². The largest absolute Gasteiger partial charge is 0.481 e. The average Bonchev–Trinajstić information content (AvgIpc) is 3.38. The van der Waals surface area contributed by atoms with Crippen LogP contribution in [-0.4, -0.2) is 36.7 Å². The van der Waals surface area contributed by atoms with E-state index in [0.29, 0.717) is 41.1 Å². The van der Waals surface area contributed by atoms with E-state index in [-0.39, 0.29) is 18.1 Å². The van der Waals surface area contributed by atoms with Crippen LogP contribution in [0.2, 0.25) is 0 Å². The van der Waals surface area contributed by atoms with Crippen LogP contribution in [0.25, 0.3) is 0 Å². The van der Waals surface area contributed by atoms with Gasteiger partial charge in [-0.3, -0.25) is 4.79 Å². The minimum absolute atomic E-state index is 0.175. The number of esters is 1. The first-order chi connectivity index (χ1) is 22.0. The molecule has 2 aromatic rings. The number of ketones is 1. The second-order valence-electron chi connectivity index (χ2n) is 13.9. The molecule has 4 aliphatic rings. The Morgan fingerprint density at radius 1 is 1.04 bits per heavy atom. The first-order valence-electron chi connectivity index (χ1n) is 15.8. The van der Waals surface area contributed by atoms with Crippen LogP contribution in [0.4, 0.5) is 13.2 Å². The van der Waals surface area contributed by atoms with E-state index >= 15 is 0 Å². The Morgan fingerprint density at radius 2 is 1.72 bits per heavy atom. The van der Waals surface area contributed by atoms with Crippen molar-refractivity contribution in [2.24, 2.45) is 22.7 Å². The molecule has 0 bridgehead atoms. The third-order valence-electron chi connectivity index (χ3n) is 11.6. The molecule has 3 aliphatic carbocycles. The van der Waals surface area contributed by atoms with Gasteiger partial charge >= 0.3 is 17.8 Å². The summed E-state index contributed by atoms with van der Waals surface area (Å²) < 4.78 is 68.5. The maximum atomic E-state index is 15.0. The Morgan fingerprint density at radius 3 is 2.36 bits per heavy atom. The van der Waals surface area contributed by atoms with E-state index in [4.69, 9.17) is 18.6 Å². The number of rotatable bonds is 4. The fourth-order valence-electron chi connectivity index (χ4n) is 9.22. The van der Waals surface area contributed by atoms with Crippen molar-refractivity contribution in [3.05, 3.63) is 98.7 Å². The van der Waals surface area contributed by atoms with E-state index in [0.717, 1.165) is 12.7 Å². The Bertz CT molecular complexity index is 1800. The zero-order valence-corrected chi connectivity index (χ0v) is 27.5. The molecule has 1 aromatic carbocycles. The van der Waals surface area contributed by atoms with Crippen molar-refractivity contribution in [3.8, 4) is 5.75 Å². The van der Waals surface area contributed by atoms with Gasteiger partial charge in [0, 0.05) is 36.0 Å². The Labute approximate surface area is 271 Å². The second kappa shape index (κ2) is 10.8. The monoisotopic (exact) mass is 652 g/mol. The van der Waals surface area contributed by atoms with Gasteiger partial charge in [-0.05, 0) is 75.7 Å². The van der Waals surface area contributed by atoms with Gasteiger partial charge in [-0.2, -0.15) is 13.2 Å². The zero-order valence-electron chi connectivity index (χ0n) is 27.5. The molecule has 1 saturated carbocycles. The molecule has 1 aliphatic heterocycles. The van der Waals surface area contributed by atoms with Gasteiger partial charge in [0.25, 0.3) is 5.60 Å². The van der Waals surface area contributed by atoms with Gasteiger partial charge in [-0.1, -0.05) is 55.8 Å². The highest BCUT2D eigenvalue weighted by atomic mass is 19.4. The summed E-state index contributed by atoms with van der Waals surface area (Å²) in [4.78, 5) is 40.1. The highest BCUT2D eigenvalue weighted by Gasteiger charge is 2.71. The molecule has 1 spiro atoms. The summed E-state index contributed by atoms with van der Waals surface area (Å²) in [5.41, 5.74) is -4.63. The number of allylic oxidation sites excluding steroid dienone is 4. The first kappa shape index (κ1) is 33.0. The standard InChI is InChI=1S/C37H39F3O7/c1-20-17-25(41)13-15-33(5)27(20)14-16-34(6)30(33)28(46-32(43)36(44-7,37(38,39)40)24-11-9-8-10-12-24)18-21(2)35(34)19-26-29(47-35)22(3)23(4)45-31(26)42/h8-13,15,17-18,27-28,30H,14,16,19H2,1-7H3/t27-,28-,30+,33-,34+,35-,36-/m0/s1. The molecule has 2 heterocycles. The van der Waals surface area contributed by atoms with E-state index in [1.54, 1.807) is 32.1 Å². The fraction of sp³-hybridized carbons (Fsp3) is 0.486. The summed E-state index contributed by atoms with van der Waals surface area (Å²) >= 11 is 0. The zero-order chi connectivity index (χ0) is 34.3. The highest BCUT2D eigenvalue weighted by molar-refractivity contribution is 6.00. The van der Waals surface area contributed by atoms with E-state index in [2.05, 4.69) is 0 Å². The molecule has 1 fully saturated rings. The number of ether oxygens (including phenoxy) is 3. The van der Waals surface area contributed by atoms with Gasteiger partial charge in [0.2, 0.25) is 0 Å². The second-order valence-corrected chi connectivity index (χ2v) is 13.9. The van der Waals surface area contributed by atoms with Crippen molar-refractivity contribution < 1.29 is 41.4 Å². The SMILES string of the molecule is CO[C@](C(=O)O[C@H]1C=C(C)[C@@]2(Cc3c(c(C)c(C)oc3=O)O2)[C@]2(C)CC[C@H]3C(C)=CC(=O)C=C[C@]3(C)[C@@H]12)(c1ccccc1)C(F)(F)F. The summed E-state index contributed by atoms with van der Waals surface area (Å²) in [7, 11) is 0.841. The number of halogens is 3. The van der Waals surface area contributed by atoms with E-state index < -0.39 is 57.4 Å². The minimum Gasteiger partial charge on any atom is -0.481 e. The molecule has 0 saturated heterocycles. The number of alkyl halides is 3. The number of aryl methyl sites for hydroxylation is 1. The average molecular weight is 653 g/mol. The maximum absolute atomic E-state index is 15.0. The predicted octanol–water partition coefficient (Wildman–Crippen LogP) is 7.03. The van der Waals surface area contributed by atoms with Gasteiger partial charge in [0.15, 0.2) is 5.78 Å². The van der Waals surface area contributed by atoms with Crippen molar-refractivity contribution in [1.29, 1.82) is 0 Å². The molecule has 7 nitrogen and oxygen atoms in total. The predicted molar refractivity (Wildman–Crippen MR) is 167 cm³/mol. The van der Waals surface area contributed by atoms with Gasteiger partial charge in [0.05, 0.1) is 5.56 Å². The molecule has 47 heavy (non-hydrogen) atoms. The molecule has 250 valence electrons. The van der Waals surface area contributed by atoms with Crippen molar-refractivity contribution in [2.45, 2.75) is 84.3 Å². The molecular weight excluding hydrogens is 613 g/mol. The highest BCUT2D eigenvalue weighted by Crippen LogP contribution is 2.68. The lowest BCUT2D eigenvalue weighted by Gasteiger charge is -2.64. The van der Waals surface area contributed by atoms with Crippen LogP contribution in [0.15, 0.2) is 75.0 Å². The molecule has 0 amide bonds. The van der Waals surface area contributed by atoms with Crippen LogP contribution >= 0.6 is 0 Å². The summed E-state index contributed by atoms with van der Waals surface area (Å²) in [5.74, 6) is -1.79. The third-order valence-corrected chi connectivity index (χ3v) is 11.6. The van der Waals surface area contributed by atoms with Gasteiger partial charge < -0.3 is 18.6 Å². The molecule has 10 heteroatoms. The Hall–Kier alpha value is -3.92. The van der Waals surface area contributed by atoms with E-state index in [1.165, 1.54) is 30.3 Å². The van der Waals surface area contributed by atoms with E-state index in [1.807, 2.05) is 33.8 Å². The smallest absolute Gasteiger partial charge is 0.432 e. The lowest BCUT2D eigenvalue weighted by molar-refractivity contribution is -0.280. The van der Waals surface area contributed by atoms with Crippen molar-refractivity contribution >= 4 is 11.8 Å². The summed E-state index contributed by atoms with van der Waals surface area (Å²) in [6.07, 6.45) is 1.52.